The standard InChI is InChI=1S/C12H15BrO2S/c1-12(2,3)6-5-8-7-9(13)10(16-8)11(14)15-4/h8H,7H2,1-4H3. The lowest BCUT2D eigenvalue weighted by Gasteiger charge is -2.08. The summed E-state index contributed by atoms with van der Waals surface area (Å²) in [5.74, 6) is 6.11. The van der Waals surface area contributed by atoms with Crippen LogP contribution < -0.4 is 0 Å². The molecule has 1 aliphatic heterocycles. The normalized spacial score (nSPS) is 20.4. The molecule has 4 heteroatoms. The van der Waals surface area contributed by atoms with Crippen molar-refractivity contribution in [1.29, 1.82) is 0 Å². The van der Waals surface area contributed by atoms with Gasteiger partial charge in [-0.15, -0.1) is 11.8 Å². The third-order valence-electron chi connectivity index (χ3n) is 1.85. The van der Waals surface area contributed by atoms with E-state index in [1.165, 1.54) is 18.9 Å². The number of ether oxygens (including phenoxy) is 1. The van der Waals surface area contributed by atoms with Gasteiger partial charge in [0.05, 0.1) is 12.4 Å². The quantitative estimate of drug-likeness (QED) is 0.549. The van der Waals surface area contributed by atoms with E-state index in [1.54, 1.807) is 0 Å². The Kier molecular flexibility index (Phi) is 4.52. The largest absolute Gasteiger partial charge is 0.465 e. The molecule has 0 radical (unpaired) electrons. The van der Waals surface area contributed by atoms with Gasteiger partial charge >= 0.3 is 5.97 Å². The topological polar surface area (TPSA) is 26.3 Å². The lowest BCUT2D eigenvalue weighted by molar-refractivity contribution is -0.135. The molecule has 16 heavy (non-hydrogen) atoms. The van der Waals surface area contributed by atoms with Crippen molar-refractivity contribution in [3.63, 3.8) is 0 Å². The van der Waals surface area contributed by atoms with Gasteiger partial charge in [-0.2, -0.15) is 0 Å². The van der Waals surface area contributed by atoms with Crippen LogP contribution in [0.3, 0.4) is 0 Å². The molecule has 0 spiro atoms. The van der Waals surface area contributed by atoms with Crippen molar-refractivity contribution in [2.24, 2.45) is 5.41 Å². The molecule has 1 unspecified atom stereocenters. The average molecular weight is 303 g/mol. The molecule has 2 nitrogen and oxygen atoms in total. The maximum Gasteiger partial charge on any atom is 0.345 e. The number of carbonyl (C=O) groups is 1. The van der Waals surface area contributed by atoms with Gasteiger partial charge in [0, 0.05) is 16.3 Å². The second-order valence-corrected chi connectivity index (χ2v) is 6.73. The van der Waals surface area contributed by atoms with Crippen LogP contribution in [-0.2, 0) is 9.53 Å². The van der Waals surface area contributed by atoms with E-state index < -0.39 is 0 Å². The highest BCUT2D eigenvalue weighted by atomic mass is 79.9. The number of hydrogen-bond donors (Lipinski definition) is 0. The van der Waals surface area contributed by atoms with Crippen LogP contribution >= 0.6 is 27.7 Å². The van der Waals surface area contributed by atoms with Gasteiger partial charge in [-0.1, -0.05) is 27.8 Å². The van der Waals surface area contributed by atoms with Crippen LogP contribution in [0.25, 0.3) is 0 Å². The van der Waals surface area contributed by atoms with Gasteiger partial charge in [-0.25, -0.2) is 4.79 Å². The molecule has 0 aliphatic carbocycles. The van der Waals surface area contributed by atoms with E-state index in [1.807, 2.05) is 0 Å². The van der Waals surface area contributed by atoms with Gasteiger partial charge in [-0.05, 0) is 20.8 Å². The van der Waals surface area contributed by atoms with Crippen LogP contribution in [0.5, 0.6) is 0 Å². The Morgan fingerprint density at radius 1 is 1.56 bits per heavy atom. The number of esters is 1. The molecule has 0 bridgehead atoms. The second-order valence-electron chi connectivity index (χ2n) is 4.56. The summed E-state index contributed by atoms with van der Waals surface area (Å²) in [6.45, 7) is 6.22. The van der Waals surface area contributed by atoms with E-state index in [0.29, 0.717) is 4.91 Å². The zero-order chi connectivity index (χ0) is 12.3. The first-order chi connectivity index (χ1) is 7.33. The molecule has 1 aliphatic rings. The summed E-state index contributed by atoms with van der Waals surface area (Å²) < 4.78 is 5.60. The summed E-state index contributed by atoms with van der Waals surface area (Å²) in [6, 6.07) is 0. The number of methoxy groups -OCH3 is 1. The Bertz CT molecular complexity index is 382. The monoisotopic (exact) mass is 302 g/mol. The summed E-state index contributed by atoms with van der Waals surface area (Å²) >= 11 is 4.87. The Morgan fingerprint density at radius 2 is 2.19 bits per heavy atom. The summed E-state index contributed by atoms with van der Waals surface area (Å²) in [5.41, 5.74) is 0.00105. The number of hydrogen-bond acceptors (Lipinski definition) is 3. The van der Waals surface area contributed by atoms with Crippen LogP contribution in [0.2, 0.25) is 0 Å². The van der Waals surface area contributed by atoms with E-state index >= 15 is 0 Å². The molecule has 0 fully saturated rings. The smallest absolute Gasteiger partial charge is 0.345 e. The van der Waals surface area contributed by atoms with E-state index in [2.05, 4.69) is 48.5 Å². The Morgan fingerprint density at radius 3 is 2.69 bits per heavy atom. The Labute approximate surface area is 109 Å². The molecule has 1 heterocycles. The van der Waals surface area contributed by atoms with Crippen molar-refractivity contribution in [2.75, 3.05) is 7.11 Å². The fourth-order valence-corrected chi connectivity index (χ4v) is 3.16. The zero-order valence-electron chi connectivity index (χ0n) is 9.89. The molecule has 0 N–H and O–H groups in total. The molecule has 1 rings (SSSR count). The van der Waals surface area contributed by atoms with Crippen LogP contribution in [0.1, 0.15) is 27.2 Å². The van der Waals surface area contributed by atoms with Gasteiger partial charge in [0.25, 0.3) is 0 Å². The molecule has 1 atom stereocenters. The summed E-state index contributed by atoms with van der Waals surface area (Å²) in [7, 11) is 1.39. The maximum atomic E-state index is 11.4. The molecular formula is C12H15BrO2S. The number of allylic oxidation sites excluding steroid dienone is 1. The molecule has 0 saturated heterocycles. The lowest BCUT2D eigenvalue weighted by Crippen LogP contribution is -2.03. The van der Waals surface area contributed by atoms with Crippen molar-refractivity contribution in [1.82, 2.24) is 0 Å². The first kappa shape index (κ1) is 13.7. The SMILES string of the molecule is COC(=O)C1=C(Br)CC(C#CC(C)(C)C)S1. The average Bonchev–Trinajstić information content (AvgIpc) is 2.55. The van der Waals surface area contributed by atoms with E-state index in [0.717, 1.165) is 10.9 Å². The first-order valence-electron chi connectivity index (χ1n) is 5.00. The van der Waals surface area contributed by atoms with Gasteiger partial charge in [0.1, 0.15) is 4.91 Å². The first-order valence-corrected chi connectivity index (χ1v) is 6.67. The van der Waals surface area contributed by atoms with E-state index in [-0.39, 0.29) is 16.6 Å². The third-order valence-corrected chi connectivity index (χ3v) is 4.05. The number of thioether (sulfide) groups is 1. The van der Waals surface area contributed by atoms with E-state index in [9.17, 15) is 4.79 Å². The van der Waals surface area contributed by atoms with Crippen molar-refractivity contribution in [2.45, 2.75) is 32.4 Å². The fourth-order valence-electron chi connectivity index (χ4n) is 1.13. The fraction of sp³-hybridized carbons (Fsp3) is 0.583. The maximum absolute atomic E-state index is 11.4. The highest BCUT2D eigenvalue weighted by molar-refractivity contribution is 9.11. The Balaban J connectivity index is 2.69. The van der Waals surface area contributed by atoms with Gasteiger partial charge in [0.2, 0.25) is 0 Å². The molecule has 0 aromatic heterocycles. The highest BCUT2D eigenvalue weighted by Crippen LogP contribution is 2.41. The minimum Gasteiger partial charge on any atom is -0.465 e. The van der Waals surface area contributed by atoms with Crippen molar-refractivity contribution in [3.8, 4) is 11.8 Å². The molecule has 0 amide bonds. The van der Waals surface area contributed by atoms with Crippen LogP contribution in [0.15, 0.2) is 9.39 Å². The van der Waals surface area contributed by atoms with Crippen LogP contribution in [0.4, 0.5) is 0 Å². The predicted molar refractivity (Wildman–Crippen MR) is 71.2 cm³/mol. The molecular weight excluding hydrogens is 288 g/mol. The van der Waals surface area contributed by atoms with Gasteiger partial charge in [-0.3, -0.25) is 0 Å². The van der Waals surface area contributed by atoms with Crippen LogP contribution in [0, 0.1) is 17.3 Å². The highest BCUT2D eigenvalue weighted by Gasteiger charge is 2.27. The molecule has 0 saturated carbocycles. The molecule has 0 aromatic rings. The van der Waals surface area contributed by atoms with Crippen LogP contribution in [-0.4, -0.2) is 18.3 Å². The van der Waals surface area contributed by atoms with Gasteiger partial charge < -0.3 is 4.74 Å². The van der Waals surface area contributed by atoms with Crippen molar-refractivity contribution in [3.05, 3.63) is 9.39 Å². The van der Waals surface area contributed by atoms with Gasteiger partial charge in [0.15, 0.2) is 0 Å². The summed E-state index contributed by atoms with van der Waals surface area (Å²) in [6.07, 6.45) is 0.776. The van der Waals surface area contributed by atoms with E-state index in [4.69, 9.17) is 4.74 Å². The van der Waals surface area contributed by atoms with Crippen molar-refractivity contribution >= 4 is 33.7 Å². The third kappa shape index (κ3) is 3.88. The molecule has 88 valence electrons. The molecule has 0 aromatic carbocycles. The zero-order valence-corrected chi connectivity index (χ0v) is 12.3. The number of carbonyl (C=O) groups excluding carboxylic acids is 1. The lowest BCUT2D eigenvalue weighted by atomic mass is 9.98. The van der Waals surface area contributed by atoms with Crippen molar-refractivity contribution < 1.29 is 9.53 Å². The minimum absolute atomic E-state index is 0.00105. The summed E-state index contributed by atoms with van der Waals surface area (Å²) in [5, 5.41) is 0.155. The summed E-state index contributed by atoms with van der Waals surface area (Å²) in [4.78, 5) is 12.0. The number of rotatable bonds is 1. The Hall–Kier alpha value is -0.400. The number of halogens is 1. The minimum atomic E-state index is -0.281. The predicted octanol–water partition coefficient (Wildman–Crippen LogP) is 3.32. The second kappa shape index (κ2) is 5.29.